The van der Waals surface area contributed by atoms with E-state index >= 15 is 0 Å². The van der Waals surface area contributed by atoms with Gasteiger partial charge in [-0.15, -0.1) is 0 Å². The van der Waals surface area contributed by atoms with Gasteiger partial charge in [-0.25, -0.2) is 0 Å². The first-order valence-corrected chi connectivity index (χ1v) is 5.80. The van der Waals surface area contributed by atoms with Crippen LogP contribution in [0.1, 0.15) is 20.8 Å². The van der Waals surface area contributed by atoms with Crippen LogP contribution in [0.3, 0.4) is 0 Å². The molecule has 0 aliphatic carbocycles. The number of aliphatic hydroxyl groups is 1. The van der Waals surface area contributed by atoms with Crippen LogP contribution in [0, 0.1) is 0 Å². The predicted molar refractivity (Wildman–Crippen MR) is 58.3 cm³/mol. The Morgan fingerprint density at radius 3 is 2.47 bits per heavy atom. The molecule has 0 aromatic rings. The van der Waals surface area contributed by atoms with Gasteiger partial charge in [0.05, 0.1) is 0 Å². The summed E-state index contributed by atoms with van der Waals surface area (Å²) in [7, 11) is 0. The van der Waals surface area contributed by atoms with Crippen molar-refractivity contribution in [1.29, 1.82) is 0 Å². The van der Waals surface area contributed by atoms with Gasteiger partial charge in [-0.3, -0.25) is 4.79 Å². The van der Waals surface area contributed by atoms with Crippen LogP contribution in [-0.4, -0.2) is 55.5 Å². The molecule has 1 aliphatic rings. The van der Waals surface area contributed by atoms with E-state index in [1.165, 1.54) is 6.92 Å². The number of hydrogen-bond donors (Lipinski definition) is 1. The van der Waals surface area contributed by atoms with Crippen LogP contribution in [0.5, 0.6) is 0 Å². The molecule has 1 heterocycles. The molecule has 4 atom stereocenters. The Morgan fingerprint density at radius 2 is 1.94 bits per heavy atom. The van der Waals surface area contributed by atoms with Crippen molar-refractivity contribution in [2.45, 2.75) is 45.4 Å². The SMILES string of the molecule is CCOC1OC(COC(C)=O)[C@@H](O)C1OCC. The molecule has 100 valence electrons. The number of ether oxygens (including phenoxy) is 4. The van der Waals surface area contributed by atoms with Crippen molar-refractivity contribution in [1.82, 2.24) is 0 Å². The summed E-state index contributed by atoms with van der Waals surface area (Å²) in [5, 5.41) is 9.97. The summed E-state index contributed by atoms with van der Waals surface area (Å²) >= 11 is 0. The molecule has 0 bridgehead atoms. The van der Waals surface area contributed by atoms with E-state index in [2.05, 4.69) is 0 Å². The van der Waals surface area contributed by atoms with Gasteiger partial charge in [-0.05, 0) is 13.8 Å². The monoisotopic (exact) mass is 248 g/mol. The number of hydrogen-bond acceptors (Lipinski definition) is 6. The highest BCUT2D eigenvalue weighted by molar-refractivity contribution is 5.65. The highest BCUT2D eigenvalue weighted by Gasteiger charge is 2.45. The number of carbonyl (C=O) groups is 1. The third-order valence-electron chi connectivity index (χ3n) is 2.44. The number of carbonyl (C=O) groups excluding carboxylic acids is 1. The summed E-state index contributed by atoms with van der Waals surface area (Å²) in [4.78, 5) is 10.7. The lowest BCUT2D eigenvalue weighted by Gasteiger charge is -2.19. The normalized spacial score (nSPS) is 32.7. The zero-order valence-electron chi connectivity index (χ0n) is 10.4. The maximum atomic E-state index is 10.7. The molecule has 1 fully saturated rings. The second-order valence-corrected chi connectivity index (χ2v) is 3.71. The lowest BCUT2D eigenvalue weighted by molar-refractivity contribution is -0.180. The van der Waals surface area contributed by atoms with Gasteiger partial charge in [0.15, 0.2) is 6.29 Å². The van der Waals surface area contributed by atoms with E-state index < -0.39 is 30.6 Å². The van der Waals surface area contributed by atoms with Gasteiger partial charge >= 0.3 is 5.97 Å². The lowest BCUT2D eigenvalue weighted by atomic mass is 10.1. The second kappa shape index (κ2) is 6.90. The Kier molecular flexibility index (Phi) is 5.84. The molecular weight excluding hydrogens is 228 g/mol. The fourth-order valence-electron chi connectivity index (χ4n) is 1.71. The maximum Gasteiger partial charge on any atom is 0.302 e. The van der Waals surface area contributed by atoms with E-state index in [1.807, 2.05) is 13.8 Å². The molecule has 1 rings (SSSR count). The Morgan fingerprint density at radius 1 is 1.29 bits per heavy atom. The van der Waals surface area contributed by atoms with Crippen molar-refractivity contribution in [3.8, 4) is 0 Å². The van der Waals surface area contributed by atoms with E-state index in [1.54, 1.807) is 0 Å². The van der Waals surface area contributed by atoms with Gasteiger partial charge in [0.25, 0.3) is 0 Å². The molecule has 0 amide bonds. The van der Waals surface area contributed by atoms with Crippen molar-refractivity contribution in [2.24, 2.45) is 0 Å². The summed E-state index contributed by atoms with van der Waals surface area (Å²) < 4.78 is 21.0. The van der Waals surface area contributed by atoms with Crippen LogP contribution in [0.4, 0.5) is 0 Å². The van der Waals surface area contributed by atoms with Gasteiger partial charge in [0.2, 0.25) is 0 Å². The van der Waals surface area contributed by atoms with Gasteiger partial charge < -0.3 is 24.1 Å². The minimum atomic E-state index is -0.856. The van der Waals surface area contributed by atoms with Crippen molar-refractivity contribution >= 4 is 5.97 Å². The van der Waals surface area contributed by atoms with Crippen molar-refractivity contribution < 1.29 is 28.8 Å². The molecule has 0 aromatic carbocycles. The fraction of sp³-hybridized carbons (Fsp3) is 0.909. The molecule has 1 N–H and O–H groups in total. The summed E-state index contributed by atoms with van der Waals surface area (Å²) in [5.41, 5.74) is 0. The molecule has 0 saturated carbocycles. The Bertz CT molecular complexity index is 244. The topological polar surface area (TPSA) is 74.2 Å². The molecule has 0 aromatic heterocycles. The summed E-state index contributed by atoms with van der Waals surface area (Å²) in [6.07, 6.45) is -2.62. The van der Waals surface area contributed by atoms with Gasteiger partial charge in [0.1, 0.15) is 24.9 Å². The van der Waals surface area contributed by atoms with Crippen molar-refractivity contribution in [2.75, 3.05) is 19.8 Å². The van der Waals surface area contributed by atoms with Gasteiger partial charge in [-0.1, -0.05) is 0 Å². The maximum absolute atomic E-state index is 10.7. The average Bonchev–Trinajstić information content (AvgIpc) is 2.56. The number of rotatable bonds is 6. The third-order valence-corrected chi connectivity index (χ3v) is 2.44. The predicted octanol–water partition coefficient (Wildman–Crippen LogP) is 0.0769. The van der Waals surface area contributed by atoms with E-state index in [0.29, 0.717) is 13.2 Å². The quantitative estimate of drug-likeness (QED) is 0.671. The molecule has 1 aliphatic heterocycles. The van der Waals surface area contributed by atoms with Crippen LogP contribution in [-0.2, 0) is 23.7 Å². The minimum absolute atomic E-state index is 0.00362. The Labute approximate surface area is 101 Å². The first-order valence-electron chi connectivity index (χ1n) is 5.80. The first-order chi connectivity index (χ1) is 8.10. The van der Waals surface area contributed by atoms with Crippen molar-refractivity contribution in [3.63, 3.8) is 0 Å². The van der Waals surface area contributed by atoms with E-state index in [9.17, 15) is 9.90 Å². The summed E-state index contributed by atoms with van der Waals surface area (Å²) in [5.74, 6) is -0.409. The number of aliphatic hydroxyl groups excluding tert-OH is 1. The van der Waals surface area contributed by atoms with Crippen LogP contribution < -0.4 is 0 Å². The smallest absolute Gasteiger partial charge is 0.302 e. The lowest BCUT2D eigenvalue weighted by Crippen LogP contribution is -2.37. The number of esters is 1. The summed E-state index contributed by atoms with van der Waals surface area (Å²) in [6.45, 7) is 5.88. The Balaban J connectivity index is 2.54. The summed E-state index contributed by atoms with van der Waals surface area (Å²) in [6, 6.07) is 0. The highest BCUT2D eigenvalue weighted by atomic mass is 16.7. The molecule has 0 radical (unpaired) electrons. The molecule has 6 heteroatoms. The van der Waals surface area contributed by atoms with E-state index in [-0.39, 0.29) is 6.61 Å². The molecule has 17 heavy (non-hydrogen) atoms. The Hall–Kier alpha value is -0.690. The van der Waals surface area contributed by atoms with Crippen LogP contribution in [0.2, 0.25) is 0 Å². The van der Waals surface area contributed by atoms with Crippen LogP contribution in [0.25, 0.3) is 0 Å². The second-order valence-electron chi connectivity index (χ2n) is 3.71. The van der Waals surface area contributed by atoms with Gasteiger partial charge in [0, 0.05) is 20.1 Å². The van der Waals surface area contributed by atoms with Crippen LogP contribution >= 0.6 is 0 Å². The fourth-order valence-corrected chi connectivity index (χ4v) is 1.71. The molecular formula is C11H20O6. The highest BCUT2D eigenvalue weighted by Crippen LogP contribution is 2.25. The minimum Gasteiger partial charge on any atom is -0.463 e. The standard InChI is InChI=1S/C11H20O6/c1-4-14-10-9(13)8(6-16-7(3)12)17-11(10)15-5-2/h8-11,13H,4-6H2,1-3H3/t8?,9-,10?,11?/m1/s1. The van der Waals surface area contributed by atoms with Crippen LogP contribution in [0.15, 0.2) is 0 Å². The largest absolute Gasteiger partial charge is 0.463 e. The molecule has 0 spiro atoms. The molecule has 3 unspecified atom stereocenters. The zero-order chi connectivity index (χ0) is 12.8. The average molecular weight is 248 g/mol. The van der Waals surface area contributed by atoms with Crippen molar-refractivity contribution in [3.05, 3.63) is 0 Å². The zero-order valence-corrected chi connectivity index (χ0v) is 10.4. The van der Waals surface area contributed by atoms with Gasteiger partial charge in [-0.2, -0.15) is 0 Å². The third kappa shape index (κ3) is 3.92. The molecule has 1 saturated heterocycles. The van der Waals surface area contributed by atoms with E-state index in [4.69, 9.17) is 18.9 Å². The van der Waals surface area contributed by atoms with E-state index in [0.717, 1.165) is 0 Å². The molecule has 6 nitrogen and oxygen atoms in total. The first kappa shape index (κ1) is 14.4.